The van der Waals surface area contributed by atoms with Crippen LogP contribution in [-0.4, -0.2) is 20.2 Å². The van der Waals surface area contributed by atoms with E-state index in [0.717, 1.165) is 5.56 Å². The Balaban J connectivity index is 2.11. The summed E-state index contributed by atoms with van der Waals surface area (Å²) in [5.41, 5.74) is 2.15. The SMILES string of the molecule is COc1cc2c(cc1OC)C(=Cc1ccccc1)OC2=O. The third-order valence-corrected chi connectivity index (χ3v) is 3.31. The molecule has 1 heterocycles. The summed E-state index contributed by atoms with van der Waals surface area (Å²) in [6.45, 7) is 0. The highest BCUT2D eigenvalue weighted by molar-refractivity contribution is 6.06. The van der Waals surface area contributed by atoms with Gasteiger partial charge in [-0.25, -0.2) is 4.79 Å². The van der Waals surface area contributed by atoms with Gasteiger partial charge in [0.1, 0.15) is 5.76 Å². The van der Waals surface area contributed by atoms with Crippen LogP contribution in [0.3, 0.4) is 0 Å². The lowest BCUT2D eigenvalue weighted by molar-refractivity contribution is 0.0717. The Labute approximate surface area is 122 Å². The first-order chi connectivity index (χ1) is 10.2. The maximum Gasteiger partial charge on any atom is 0.344 e. The zero-order valence-electron chi connectivity index (χ0n) is 11.8. The van der Waals surface area contributed by atoms with Crippen molar-refractivity contribution in [2.75, 3.05) is 14.2 Å². The molecule has 2 aromatic rings. The lowest BCUT2D eigenvalue weighted by Gasteiger charge is -2.08. The fourth-order valence-corrected chi connectivity index (χ4v) is 2.27. The van der Waals surface area contributed by atoms with Gasteiger partial charge in [0.25, 0.3) is 0 Å². The summed E-state index contributed by atoms with van der Waals surface area (Å²) in [6.07, 6.45) is 1.83. The van der Waals surface area contributed by atoms with Gasteiger partial charge >= 0.3 is 5.97 Å². The molecule has 21 heavy (non-hydrogen) atoms. The van der Waals surface area contributed by atoms with Gasteiger partial charge in [-0.05, 0) is 23.8 Å². The topological polar surface area (TPSA) is 44.8 Å². The molecular weight excluding hydrogens is 268 g/mol. The predicted molar refractivity (Wildman–Crippen MR) is 79.3 cm³/mol. The second kappa shape index (κ2) is 5.32. The van der Waals surface area contributed by atoms with Crippen LogP contribution in [0, 0.1) is 0 Å². The Morgan fingerprint density at radius 2 is 1.57 bits per heavy atom. The number of carbonyl (C=O) groups excluding carboxylic acids is 1. The van der Waals surface area contributed by atoms with Crippen LogP contribution in [-0.2, 0) is 4.74 Å². The van der Waals surface area contributed by atoms with Gasteiger partial charge in [-0.1, -0.05) is 30.3 Å². The molecule has 0 atom stereocenters. The zero-order chi connectivity index (χ0) is 14.8. The second-order valence-electron chi connectivity index (χ2n) is 4.56. The number of hydrogen-bond donors (Lipinski definition) is 0. The van der Waals surface area contributed by atoms with Crippen molar-refractivity contribution >= 4 is 17.8 Å². The van der Waals surface area contributed by atoms with E-state index >= 15 is 0 Å². The Morgan fingerprint density at radius 3 is 2.19 bits per heavy atom. The first kappa shape index (κ1) is 13.2. The van der Waals surface area contributed by atoms with Crippen LogP contribution < -0.4 is 9.47 Å². The number of fused-ring (bicyclic) bond motifs is 1. The minimum absolute atomic E-state index is 0.381. The molecule has 0 saturated carbocycles. The van der Waals surface area contributed by atoms with Crippen molar-refractivity contribution < 1.29 is 19.0 Å². The van der Waals surface area contributed by atoms with E-state index in [1.165, 1.54) is 7.11 Å². The van der Waals surface area contributed by atoms with Gasteiger partial charge in [0.15, 0.2) is 11.5 Å². The Morgan fingerprint density at radius 1 is 0.952 bits per heavy atom. The fraction of sp³-hybridized carbons (Fsp3) is 0.118. The highest BCUT2D eigenvalue weighted by Crippen LogP contribution is 2.39. The minimum atomic E-state index is -0.381. The van der Waals surface area contributed by atoms with Crippen molar-refractivity contribution in [1.29, 1.82) is 0 Å². The minimum Gasteiger partial charge on any atom is -0.493 e. The van der Waals surface area contributed by atoms with E-state index in [1.807, 2.05) is 36.4 Å². The molecule has 4 nitrogen and oxygen atoms in total. The van der Waals surface area contributed by atoms with E-state index in [1.54, 1.807) is 19.2 Å². The zero-order valence-corrected chi connectivity index (χ0v) is 11.8. The summed E-state index contributed by atoms with van der Waals surface area (Å²) < 4.78 is 15.8. The Kier molecular flexibility index (Phi) is 3.36. The predicted octanol–water partition coefficient (Wildman–Crippen LogP) is 3.37. The molecule has 0 saturated heterocycles. The van der Waals surface area contributed by atoms with Crippen LogP contribution in [0.1, 0.15) is 21.5 Å². The lowest BCUT2D eigenvalue weighted by Crippen LogP contribution is -1.96. The number of methoxy groups -OCH3 is 2. The quantitative estimate of drug-likeness (QED) is 0.810. The summed E-state index contributed by atoms with van der Waals surface area (Å²) in [5.74, 6) is 1.21. The van der Waals surface area contributed by atoms with E-state index in [4.69, 9.17) is 14.2 Å². The highest BCUT2D eigenvalue weighted by atomic mass is 16.5. The largest absolute Gasteiger partial charge is 0.493 e. The number of rotatable bonds is 3. The maximum atomic E-state index is 12.0. The molecular formula is C17H14O4. The molecule has 0 N–H and O–H groups in total. The number of carbonyl (C=O) groups is 1. The molecule has 0 fully saturated rings. The van der Waals surface area contributed by atoms with E-state index in [9.17, 15) is 4.79 Å². The second-order valence-corrected chi connectivity index (χ2v) is 4.56. The third-order valence-electron chi connectivity index (χ3n) is 3.31. The van der Waals surface area contributed by atoms with Gasteiger partial charge in [0.05, 0.1) is 19.8 Å². The number of cyclic esters (lactones) is 1. The lowest BCUT2D eigenvalue weighted by atomic mass is 10.1. The van der Waals surface area contributed by atoms with E-state index in [-0.39, 0.29) is 5.97 Å². The standard InChI is InChI=1S/C17H14O4/c1-19-15-9-12-13(10-16(15)20-2)17(18)21-14(12)8-11-6-4-3-5-7-11/h3-10H,1-2H3. The van der Waals surface area contributed by atoms with Gasteiger partial charge in [0, 0.05) is 5.56 Å². The monoisotopic (exact) mass is 282 g/mol. The van der Waals surface area contributed by atoms with Crippen molar-refractivity contribution in [1.82, 2.24) is 0 Å². The smallest absolute Gasteiger partial charge is 0.344 e. The molecule has 0 aliphatic carbocycles. The van der Waals surface area contributed by atoms with Crippen molar-refractivity contribution in [3.63, 3.8) is 0 Å². The average molecular weight is 282 g/mol. The van der Waals surface area contributed by atoms with Gasteiger partial charge in [-0.15, -0.1) is 0 Å². The molecule has 3 rings (SSSR count). The fourth-order valence-electron chi connectivity index (χ4n) is 2.27. The van der Waals surface area contributed by atoms with Crippen LogP contribution in [0.2, 0.25) is 0 Å². The van der Waals surface area contributed by atoms with Crippen LogP contribution in [0.25, 0.3) is 11.8 Å². The van der Waals surface area contributed by atoms with Gasteiger partial charge < -0.3 is 14.2 Å². The van der Waals surface area contributed by atoms with Crippen LogP contribution in [0.4, 0.5) is 0 Å². The van der Waals surface area contributed by atoms with Crippen molar-refractivity contribution in [2.24, 2.45) is 0 Å². The van der Waals surface area contributed by atoms with Crippen molar-refractivity contribution in [2.45, 2.75) is 0 Å². The molecule has 1 aliphatic rings. The van der Waals surface area contributed by atoms with Crippen LogP contribution in [0.15, 0.2) is 42.5 Å². The van der Waals surface area contributed by atoms with E-state index in [2.05, 4.69) is 0 Å². The molecule has 0 amide bonds. The van der Waals surface area contributed by atoms with E-state index < -0.39 is 0 Å². The van der Waals surface area contributed by atoms with Gasteiger partial charge in [-0.2, -0.15) is 0 Å². The molecule has 0 spiro atoms. The summed E-state index contributed by atoms with van der Waals surface area (Å²) in [7, 11) is 3.09. The number of esters is 1. The molecule has 0 bridgehead atoms. The normalized spacial score (nSPS) is 14.8. The molecule has 106 valence electrons. The Bertz CT molecular complexity index is 717. The van der Waals surface area contributed by atoms with Gasteiger partial charge in [-0.3, -0.25) is 0 Å². The number of hydrogen-bond acceptors (Lipinski definition) is 4. The van der Waals surface area contributed by atoms with Crippen molar-refractivity contribution in [3.8, 4) is 11.5 Å². The maximum absolute atomic E-state index is 12.0. The molecule has 1 aliphatic heterocycles. The van der Waals surface area contributed by atoms with Crippen molar-refractivity contribution in [3.05, 3.63) is 59.2 Å². The molecule has 2 aromatic carbocycles. The first-order valence-corrected chi connectivity index (χ1v) is 6.48. The molecule has 0 radical (unpaired) electrons. The van der Waals surface area contributed by atoms with Crippen LogP contribution in [0.5, 0.6) is 11.5 Å². The summed E-state index contributed by atoms with van der Waals surface area (Å²) in [6, 6.07) is 13.1. The van der Waals surface area contributed by atoms with Gasteiger partial charge in [0.2, 0.25) is 0 Å². The molecule has 0 aromatic heterocycles. The number of benzene rings is 2. The summed E-state index contributed by atoms with van der Waals surface area (Å²) in [5, 5.41) is 0. The Hall–Kier alpha value is -2.75. The highest BCUT2D eigenvalue weighted by Gasteiger charge is 2.28. The summed E-state index contributed by atoms with van der Waals surface area (Å²) >= 11 is 0. The van der Waals surface area contributed by atoms with Crippen LogP contribution >= 0.6 is 0 Å². The van der Waals surface area contributed by atoms with E-state index in [0.29, 0.717) is 28.4 Å². The molecule has 0 unspecified atom stereocenters. The first-order valence-electron chi connectivity index (χ1n) is 6.48. The summed E-state index contributed by atoms with van der Waals surface area (Å²) in [4.78, 5) is 12.0. The number of ether oxygens (including phenoxy) is 3. The molecule has 4 heteroatoms. The average Bonchev–Trinajstić information content (AvgIpc) is 2.82. The third kappa shape index (κ3) is 2.36.